The number of methoxy groups -OCH3 is 1. The van der Waals surface area contributed by atoms with Crippen molar-refractivity contribution in [2.24, 2.45) is 0 Å². The maximum atomic E-state index is 12.8. The van der Waals surface area contributed by atoms with Gasteiger partial charge < -0.3 is 14.8 Å². The zero-order valence-corrected chi connectivity index (χ0v) is 12.7. The Labute approximate surface area is 135 Å². The van der Waals surface area contributed by atoms with Gasteiger partial charge in [-0.3, -0.25) is 19.2 Å². The lowest BCUT2D eigenvalue weighted by molar-refractivity contribution is -0.177. The summed E-state index contributed by atoms with van der Waals surface area (Å²) in [7, 11) is 0.975. The predicted molar refractivity (Wildman–Crippen MR) is 76.8 cm³/mol. The maximum absolute atomic E-state index is 12.8. The molecular formula is C16H11NO7. The summed E-state index contributed by atoms with van der Waals surface area (Å²) in [6.07, 6.45) is 0. The first-order valence-corrected chi connectivity index (χ1v) is 6.87. The molecule has 0 unspecified atom stereocenters. The molecule has 0 saturated heterocycles. The van der Waals surface area contributed by atoms with Crippen molar-refractivity contribution in [3.05, 3.63) is 46.7 Å². The average Bonchev–Trinajstić information content (AvgIpc) is 2.85. The van der Waals surface area contributed by atoms with E-state index in [4.69, 9.17) is 4.74 Å². The molecule has 1 aliphatic heterocycles. The SMILES string of the molecule is COC(=O)[C@]1(OC(C)=O)C(=O)NC2=C1C(=O)c1ccccc1C2=O. The van der Waals surface area contributed by atoms with Crippen molar-refractivity contribution in [1.29, 1.82) is 0 Å². The molecule has 8 heteroatoms. The lowest BCUT2D eigenvalue weighted by Gasteiger charge is -2.26. The molecule has 0 spiro atoms. The minimum absolute atomic E-state index is 0.0122. The monoisotopic (exact) mass is 329 g/mol. The normalized spacial score (nSPS) is 21.8. The molecule has 1 aliphatic carbocycles. The molecule has 0 radical (unpaired) electrons. The second kappa shape index (κ2) is 5.12. The van der Waals surface area contributed by atoms with Gasteiger partial charge in [0.05, 0.1) is 12.7 Å². The number of ketones is 2. The zero-order valence-electron chi connectivity index (χ0n) is 12.7. The van der Waals surface area contributed by atoms with Gasteiger partial charge in [0.2, 0.25) is 5.78 Å². The Balaban J connectivity index is 2.29. The lowest BCUT2D eigenvalue weighted by Crippen LogP contribution is -2.53. The third-order valence-corrected chi connectivity index (χ3v) is 3.80. The van der Waals surface area contributed by atoms with Crippen molar-refractivity contribution in [2.75, 3.05) is 7.11 Å². The van der Waals surface area contributed by atoms with Gasteiger partial charge in [-0.05, 0) is 0 Å². The molecule has 1 heterocycles. The number of esters is 2. The van der Waals surface area contributed by atoms with Crippen LogP contribution in [0.1, 0.15) is 27.6 Å². The predicted octanol–water partition coefficient (Wildman–Crippen LogP) is -0.0756. The van der Waals surface area contributed by atoms with Crippen LogP contribution in [0.5, 0.6) is 0 Å². The highest BCUT2D eigenvalue weighted by atomic mass is 16.6. The fourth-order valence-corrected chi connectivity index (χ4v) is 2.84. The first-order chi connectivity index (χ1) is 11.3. The van der Waals surface area contributed by atoms with Gasteiger partial charge in [0.25, 0.3) is 5.91 Å². The van der Waals surface area contributed by atoms with Crippen molar-refractivity contribution in [1.82, 2.24) is 5.32 Å². The van der Waals surface area contributed by atoms with Gasteiger partial charge in [-0.1, -0.05) is 24.3 Å². The van der Waals surface area contributed by atoms with E-state index >= 15 is 0 Å². The summed E-state index contributed by atoms with van der Waals surface area (Å²) in [4.78, 5) is 61.5. The smallest absolute Gasteiger partial charge is 0.365 e. The molecule has 122 valence electrons. The first-order valence-electron chi connectivity index (χ1n) is 6.87. The van der Waals surface area contributed by atoms with Gasteiger partial charge in [0, 0.05) is 18.1 Å². The standard InChI is InChI=1S/C16H11NO7/c1-7(18)24-16(15(22)23-2)10-11(17-14(16)21)13(20)9-6-4-3-5-8(9)12(10)19/h3-6H,1-2H3,(H,17,21)/t16-/m1/s1. The number of hydrogen-bond acceptors (Lipinski definition) is 7. The minimum Gasteiger partial charge on any atom is -0.465 e. The van der Waals surface area contributed by atoms with Crippen LogP contribution in [0.15, 0.2) is 35.5 Å². The third kappa shape index (κ3) is 1.82. The summed E-state index contributed by atoms with van der Waals surface area (Å²) in [6, 6.07) is 5.91. The Kier molecular flexibility index (Phi) is 3.33. The van der Waals surface area contributed by atoms with Gasteiger partial charge in [-0.2, -0.15) is 0 Å². The maximum Gasteiger partial charge on any atom is 0.365 e. The molecule has 0 saturated carbocycles. The molecule has 3 rings (SSSR count). The number of fused-ring (bicyclic) bond motifs is 1. The van der Waals surface area contributed by atoms with Crippen molar-refractivity contribution < 1.29 is 33.4 Å². The van der Waals surface area contributed by atoms with Crippen molar-refractivity contribution >= 4 is 29.4 Å². The number of amides is 1. The van der Waals surface area contributed by atoms with E-state index in [0.717, 1.165) is 14.0 Å². The Morgan fingerprint density at radius 2 is 1.62 bits per heavy atom. The molecule has 0 bridgehead atoms. The average molecular weight is 329 g/mol. The molecule has 1 N–H and O–H groups in total. The summed E-state index contributed by atoms with van der Waals surface area (Å²) in [5, 5.41) is 2.18. The van der Waals surface area contributed by atoms with Crippen LogP contribution in [0.25, 0.3) is 0 Å². The van der Waals surface area contributed by atoms with Crippen LogP contribution in [-0.2, 0) is 23.9 Å². The van der Waals surface area contributed by atoms with E-state index in [1.165, 1.54) is 18.2 Å². The van der Waals surface area contributed by atoms with E-state index < -0.39 is 40.6 Å². The molecule has 1 aromatic carbocycles. The van der Waals surface area contributed by atoms with Gasteiger partial charge in [-0.15, -0.1) is 0 Å². The number of allylic oxidation sites excluding steroid dienone is 1. The number of carbonyl (C=O) groups excluding carboxylic acids is 5. The molecule has 8 nitrogen and oxygen atoms in total. The lowest BCUT2D eigenvalue weighted by atomic mass is 9.81. The number of Topliss-reactive ketones (excluding diaryl/α,β-unsaturated/α-hetero) is 2. The quantitative estimate of drug-likeness (QED) is 0.596. The van der Waals surface area contributed by atoms with E-state index in [9.17, 15) is 24.0 Å². The van der Waals surface area contributed by atoms with Gasteiger partial charge in [0.1, 0.15) is 5.70 Å². The Hall–Kier alpha value is -3.29. The van der Waals surface area contributed by atoms with Crippen LogP contribution in [-0.4, -0.2) is 42.1 Å². The van der Waals surface area contributed by atoms with Gasteiger partial charge >= 0.3 is 17.5 Å². The second-order valence-electron chi connectivity index (χ2n) is 5.17. The molecule has 0 aromatic heterocycles. The summed E-state index contributed by atoms with van der Waals surface area (Å²) < 4.78 is 9.47. The van der Waals surface area contributed by atoms with Crippen molar-refractivity contribution in [3.8, 4) is 0 Å². The molecule has 2 aliphatic rings. The Morgan fingerprint density at radius 3 is 2.17 bits per heavy atom. The Morgan fingerprint density at radius 1 is 1.04 bits per heavy atom. The summed E-state index contributed by atoms with van der Waals surface area (Å²) >= 11 is 0. The molecule has 1 atom stereocenters. The number of rotatable bonds is 2. The number of nitrogens with one attached hydrogen (secondary N) is 1. The number of carbonyl (C=O) groups is 5. The fraction of sp³-hybridized carbons (Fsp3) is 0.188. The second-order valence-corrected chi connectivity index (χ2v) is 5.17. The summed E-state index contributed by atoms with van der Waals surface area (Å²) in [5.41, 5.74) is -3.44. The Bertz CT molecular complexity index is 867. The van der Waals surface area contributed by atoms with E-state index in [0.29, 0.717) is 0 Å². The molecule has 1 amide bonds. The number of benzene rings is 1. The van der Waals surface area contributed by atoms with Crippen LogP contribution in [0.2, 0.25) is 0 Å². The van der Waals surface area contributed by atoms with Crippen LogP contribution >= 0.6 is 0 Å². The van der Waals surface area contributed by atoms with Crippen LogP contribution in [0, 0.1) is 0 Å². The van der Waals surface area contributed by atoms with E-state index in [1.807, 2.05) is 0 Å². The molecule has 1 aromatic rings. The minimum atomic E-state index is -2.63. The zero-order chi connectivity index (χ0) is 17.6. The van der Waals surface area contributed by atoms with Crippen molar-refractivity contribution in [3.63, 3.8) is 0 Å². The van der Waals surface area contributed by atoms with E-state index in [-0.39, 0.29) is 16.8 Å². The van der Waals surface area contributed by atoms with Crippen molar-refractivity contribution in [2.45, 2.75) is 12.5 Å². The number of ether oxygens (including phenoxy) is 2. The van der Waals surface area contributed by atoms with Gasteiger partial charge in [0.15, 0.2) is 5.78 Å². The third-order valence-electron chi connectivity index (χ3n) is 3.80. The highest BCUT2D eigenvalue weighted by Crippen LogP contribution is 2.39. The molecule has 0 fully saturated rings. The highest BCUT2D eigenvalue weighted by molar-refractivity contribution is 6.36. The summed E-state index contributed by atoms with van der Waals surface area (Å²) in [5.74, 6) is -4.77. The largest absolute Gasteiger partial charge is 0.465 e. The van der Waals surface area contributed by atoms with Gasteiger partial charge in [-0.25, -0.2) is 4.79 Å². The fourth-order valence-electron chi connectivity index (χ4n) is 2.84. The van der Waals surface area contributed by atoms with Crippen LogP contribution < -0.4 is 5.32 Å². The van der Waals surface area contributed by atoms with E-state index in [2.05, 4.69) is 10.1 Å². The molecule has 24 heavy (non-hydrogen) atoms. The first kappa shape index (κ1) is 15.6. The van der Waals surface area contributed by atoms with E-state index in [1.54, 1.807) is 6.07 Å². The van der Waals surface area contributed by atoms with Crippen LogP contribution in [0.4, 0.5) is 0 Å². The highest BCUT2D eigenvalue weighted by Gasteiger charge is 2.64. The van der Waals surface area contributed by atoms with Crippen LogP contribution in [0.3, 0.4) is 0 Å². The molecular weight excluding hydrogens is 318 g/mol. The summed E-state index contributed by atoms with van der Waals surface area (Å²) in [6.45, 7) is 0.972. The number of hydrogen-bond donors (Lipinski definition) is 1. The topological polar surface area (TPSA) is 116 Å².